The number of nitrogens with zero attached hydrogens (tertiary/aromatic N) is 1. The summed E-state index contributed by atoms with van der Waals surface area (Å²) in [5, 5.41) is 3.52. The third-order valence-electron chi connectivity index (χ3n) is 6.71. The molecule has 3 rings (SSSR count). The summed E-state index contributed by atoms with van der Waals surface area (Å²) in [7, 11) is 0. The zero-order chi connectivity index (χ0) is 18.0. The van der Waals surface area contributed by atoms with Crippen LogP contribution < -0.4 is 5.32 Å². The van der Waals surface area contributed by atoms with Gasteiger partial charge < -0.3 is 5.32 Å². The highest BCUT2D eigenvalue weighted by Gasteiger charge is 2.43. The van der Waals surface area contributed by atoms with Crippen molar-refractivity contribution in [2.24, 2.45) is 17.8 Å². The summed E-state index contributed by atoms with van der Waals surface area (Å²) in [6.07, 6.45) is 12.0. The van der Waals surface area contributed by atoms with Gasteiger partial charge in [0, 0.05) is 12.1 Å². The zero-order valence-corrected chi connectivity index (χ0v) is 16.8. The summed E-state index contributed by atoms with van der Waals surface area (Å²) >= 11 is 0. The van der Waals surface area contributed by atoms with E-state index in [-0.39, 0.29) is 17.5 Å². The Bertz CT molecular complexity index is 494. The van der Waals surface area contributed by atoms with Gasteiger partial charge in [0.05, 0.1) is 6.04 Å². The molecule has 1 heterocycles. The maximum absolute atomic E-state index is 13.1. The Kier molecular flexibility index (Phi) is 5.92. The molecule has 3 nitrogen and oxygen atoms in total. The van der Waals surface area contributed by atoms with Crippen LogP contribution in [0.5, 0.6) is 0 Å². The Balaban J connectivity index is 1.60. The van der Waals surface area contributed by atoms with E-state index in [9.17, 15) is 4.79 Å². The van der Waals surface area contributed by atoms with Gasteiger partial charge in [0.25, 0.3) is 0 Å². The standard InChI is InChI=1S/C22H38N2O/c1-5-7-16(2)15-24-9-6-8-20(24)21(25)23-22(4)13-18-10-17(3)11-19(12-18)14-22/h7,17-20H,5-6,8-15H2,1-4H3,(H,23,25)/b16-7+. The molecular weight excluding hydrogens is 308 g/mol. The highest BCUT2D eigenvalue weighted by molar-refractivity contribution is 5.82. The van der Waals surface area contributed by atoms with Gasteiger partial charge in [-0.25, -0.2) is 0 Å². The second-order valence-corrected chi connectivity index (χ2v) is 9.59. The molecule has 3 heteroatoms. The lowest BCUT2D eigenvalue weighted by Gasteiger charge is -2.48. The molecule has 2 saturated carbocycles. The van der Waals surface area contributed by atoms with Crippen LogP contribution >= 0.6 is 0 Å². The average Bonchev–Trinajstić information content (AvgIpc) is 2.93. The Labute approximate surface area is 154 Å². The Morgan fingerprint density at radius 1 is 1.24 bits per heavy atom. The third kappa shape index (κ3) is 4.67. The number of hydrogen-bond acceptors (Lipinski definition) is 2. The van der Waals surface area contributed by atoms with E-state index in [0.717, 1.165) is 50.1 Å². The molecule has 3 fully saturated rings. The molecule has 0 aromatic carbocycles. The predicted molar refractivity (Wildman–Crippen MR) is 104 cm³/mol. The largest absolute Gasteiger partial charge is 0.350 e. The molecule has 2 bridgehead atoms. The zero-order valence-electron chi connectivity index (χ0n) is 16.8. The summed E-state index contributed by atoms with van der Waals surface area (Å²) in [6, 6.07) is 0.0812. The lowest BCUT2D eigenvalue weighted by atomic mass is 9.62. The van der Waals surface area contributed by atoms with Crippen molar-refractivity contribution in [3.63, 3.8) is 0 Å². The minimum Gasteiger partial charge on any atom is -0.350 e. The number of rotatable bonds is 5. The summed E-state index contributed by atoms with van der Waals surface area (Å²) in [5.74, 6) is 2.81. The minimum absolute atomic E-state index is 0.0212. The molecule has 3 aliphatic rings. The SMILES string of the molecule is CC/C=C(\C)CN1CCCC1C(=O)NC1(C)CC2CC(C)CC(C2)C1. The summed E-state index contributed by atoms with van der Waals surface area (Å²) in [6.45, 7) is 11.1. The van der Waals surface area contributed by atoms with Gasteiger partial charge in [-0.1, -0.05) is 25.5 Å². The smallest absolute Gasteiger partial charge is 0.237 e. The van der Waals surface area contributed by atoms with E-state index >= 15 is 0 Å². The lowest BCUT2D eigenvalue weighted by molar-refractivity contribution is -0.128. The van der Waals surface area contributed by atoms with Gasteiger partial charge in [-0.15, -0.1) is 0 Å². The van der Waals surface area contributed by atoms with E-state index < -0.39 is 0 Å². The van der Waals surface area contributed by atoms with Gasteiger partial charge in [0.15, 0.2) is 0 Å². The van der Waals surface area contributed by atoms with E-state index in [4.69, 9.17) is 0 Å². The highest BCUT2D eigenvalue weighted by Crippen LogP contribution is 2.46. The maximum Gasteiger partial charge on any atom is 0.237 e. The maximum atomic E-state index is 13.1. The van der Waals surface area contributed by atoms with Crippen LogP contribution in [0.25, 0.3) is 0 Å². The number of hydrogen-bond donors (Lipinski definition) is 1. The average molecular weight is 347 g/mol. The van der Waals surface area contributed by atoms with Crippen molar-refractivity contribution in [2.45, 2.75) is 90.6 Å². The van der Waals surface area contributed by atoms with Crippen molar-refractivity contribution in [2.75, 3.05) is 13.1 Å². The molecule has 1 amide bonds. The molecule has 2 aliphatic carbocycles. The number of allylic oxidation sites excluding steroid dienone is 1. The number of carbonyl (C=O) groups is 1. The first kappa shape index (κ1) is 18.9. The Morgan fingerprint density at radius 2 is 1.92 bits per heavy atom. The number of fused-ring (bicyclic) bond motifs is 2. The summed E-state index contributed by atoms with van der Waals surface area (Å²) in [5.41, 5.74) is 1.42. The van der Waals surface area contributed by atoms with E-state index in [1.807, 2.05) is 0 Å². The van der Waals surface area contributed by atoms with E-state index in [0.29, 0.717) is 0 Å². The van der Waals surface area contributed by atoms with Crippen LogP contribution in [0.3, 0.4) is 0 Å². The van der Waals surface area contributed by atoms with E-state index in [1.165, 1.54) is 37.7 Å². The first-order chi connectivity index (χ1) is 11.9. The van der Waals surface area contributed by atoms with Crippen LogP contribution in [0.1, 0.15) is 79.1 Å². The first-order valence-electron chi connectivity index (χ1n) is 10.6. The molecule has 1 N–H and O–H groups in total. The van der Waals surface area contributed by atoms with E-state index in [2.05, 4.69) is 44.0 Å². The number of nitrogens with one attached hydrogen (secondary N) is 1. The van der Waals surface area contributed by atoms with Gasteiger partial charge >= 0.3 is 0 Å². The molecule has 25 heavy (non-hydrogen) atoms. The number of likely N-dealkylation sites (tertiary alicyclic amines) is 1. The van der Waals surface area contributed by atoms with Crippen molar-refractivity contribution in [1.82, 2.24) is 10.2 Å². The van der Waals surface area contributed by atoms with Gasteiger partial charge in [0.2, 0.25) is 5.91 Å². The van der Waals surface area contributed by atoms with Crippen LogP contribution in [0, 0.1) is 17.8 Å². The quantitative estimate of drug-likeness (QED) is 0.742. The van der Waals surface area contributed by atoms with Crippen LogP contribution in [0.4, 0.5) is 0 Å². The van der Waals surface area contributed by atoms with E-state index in [1.54, 1.807) is 0 Å². The normalized spacial score (nSPS) is 39.4. The number of carbonyl (C=O) groups excluding carboxylic acids is 1. The molecular formula is C22H38N2O. The Morgan fingerprint density at radius 3 is 2.56 bits per heavy atom. The van der Waals surface area contributed by atoms with Crippen LogP contribution in [0.2, 0.25) is 0 Å². The molecule has 0 aromatic heterocycles. The topological polar surface area (TPSA) is 32.3 Å². The lowest BCUT2D eigenvalue weighted by Crippen LogP contribution is -2.56. The first-order valence-corrected chi connectivity index (χ1v) is 10.6. The van der Waals surface area contributed by atoms with Crippen LogP contribution in [-0.4, -0.2) is 35.5 Å². The molecule has 142 valence electrons. The van der Waals surface area contributed by atoms with Crippen molar-refractivity contribution < 1.29 is 4.79 Å². The molecule has 0 aromatic rings. The molecule has 1 aliphatic heterocycles. The van der Waals surface area contributed by atoms with Gasteiger partial charge in [-0.05, 0) is 89.5 Å². The highest BCUT2D eigenvalue weighted by atomic mass is 16.2. The fourth-order valence-electron chi connectivity index (χ4n) is 6.12. The van der Waals surface area contributed by atoms with Gasteiger partial charge in [-0.2, -0.15) is 0 Å². The monoisotopic (exact) mass is 346 g/mol. The van der Waals surface area contributed by atoms with Crippen LogP contribution in [0.15, 0.2) is 11.6 Å². The molecule has 0 spiro atoms. The van der Waals surface area contributed by atoms with Crippen molar-refractivity contribution in [1.29, 1.82) is 0 Å². The molecule has 3 atom stereocenters. The fraction of sp³-hybridized carbons (Fsp3) is 0.864. The fourth-order valence-corrected chi connectivity index (χ4v) is 6.12. The number of amides is 1. The molecule has 0 radical (unpaired) electrons. The second-order valence-electron chi connectivity index (χ2n) is 9.59. The predicted octanol–water partition coefficient (Wildman–Crippen LogP) is 4.53. The van der Waals surface area contributed by atoms with Crippen molar-refractivity contribution in [3.05, 3.63) is 11.6 Å². The van der Waals surface area contributed by atoms with Gasteiger partial charge in [-0.3, -0.25) is 9.69 Å². The third-order valence-corrected chi connectivity index (χ3v) is 6.71. The molecule has 1 saturated heterocycles. The summed E-state index contributed by atoms with van der Waals surface area (Å²) < 4.78 is 0. The minimum atomic E-state index is 0.0212. The summed E-state index contributed by atoms with van der Waals surface area (Å²) in [4.78, 5) is 15.5. The Hall–Kier alpha value is -0.830. The second kappa shape index (κ2) is 7.82. The molecule has 3 unspecified atom stereocenters. The van der Waals surface area contributed by atoms with Crippen molar-refractivity contribution >= 4 is 5.91 Å². The van der Waals surface area contributed by atoms with Crippen molar-refractivity contribution in [3.8, 4) is 0 Å². The van der Waals surface area contributed by atoms with Crippen LogP contribution in [-0.2, 0) is 4.79 Å². The van der Waals surface area contributed by atoms with Gasteiger partial charge in [0.1, 0.15) is 0 Å².